The molecule has 2 N–H and O–H groups in total. The first-order valence-corrected chi connectivity index (χ1v) is 8.60. The minimum Gasteiger partial charge on any atom is -0.508 e. The molecule has 3 aromatic rings. The van der Waals surface area contributed by atoms with Crippen molar-refractivity contribution in [3.63, 3.8) is 0 Å². The van der Waals surface area contributed by atoms with Gasteiger partial charge in [-0.1, -0.05) is 30.3 Å². The fraction of sp³-hybridized carbons (Fsp3) is 0.174. The summed E-state index contributed by atoms with van der Waals surface area (Å²) in [6.07, 6.45) is 0. The highest BCUT2D eigenvalue weighted by Gasteiger charge is 2.32. The highest BCUT2D eigenvalue weighted by atomic mass is 16.5. The van der Waals surface area contributed by atoms with Gasteiger partial charge in [-0.2, -0.15) is 0 Å². The predicted molar refractivity (Wildman–Crippen MR) is 105 cm³/mol. The van der Waals surface area contributed by atoms with E-state index in [0.717, 1.165) is 28.2 Å². The van der Waals surface area contributed by atoms with E-state index in [-0.39, 0.29) is 12.4 Å². The summed E-state index contributed by atoms with van der Waals surface area (Å²) < 4.78 is 10.5. The maximum atomic E-state index is 9.96. The number of ether oxygens (including phenoxy) is 2. The SMILES string of the molecule is [CH2]C(c1ccc(OC)cc1)(c1ccc(OC)cc1)c1ccc(O)c(CO)c1. The highest BCUT2D eigenvalue weighted by Crippen LogP contribution is 2.40. The molecule has 139 valence electrons. The maximum absolute atomic E-state index is 9.96. The van der Waals surface area contributed by atoms with Crippen molar-refractivity contribution in [2.24, 2.45) is 0 Å². The Kier molecular flexibility index (Phi) is 5.38. The largest absolute Gasteiger partial charge is 0.508 e. The summed E-state index contributed by atoms with van der Waals surface area (Å²) >= 11 is 0. The van der Waals surface area contributed by atoms with Gasteiger partial charge < -0.3 is 19.7 Å². The number of hydrogen-bond acceptors (Lipinski definition) is 4. The molecule has 0 fully saturated rings. The van der Waals surface area contributed by atoms with E-state index in [0.29, 0.717) is 5.56 Å². The number of aromatic hydroxyl groups is 1. The van der Waals surface area contributed by atoms with Gasteiger partial charge in [-0.05, 0) is 60.0 Å². The van der Waals surface area contributed by atoms with E-state index in [9.17, 15) is 10.2 Å². The second-order valence-corrected chi connectivity index (χ2v) is 6.36. The van der Waals surface area contributed by atoms with Crippen LogP contribution in [-0.4, -0.2) is 24.4 Å². The number of methoxy groups -OCH3 is 2. The molecule has 3 aromatic carbocycles. The second-order valence-electron chi connectivity index (χ2n) is 6.36. The zero-order valence-corrected chi connectivity index (χ0v) is 15.5. The molecule has 0 saturated carbocycles. The van der Waals surface area contributed by atoms with Crippen LogP contribution in [0.5, 0.6) is 17.2 Å². The van der Waals surface area contributed by atoms with Crippen LogP contribution in [-0.2, 0) is 12.0 Å². The molecule has 4 nitrogen and oxygen atoms in total. The van der Waals surface area contributed by atoms with Crippen LogP contribution in [0.2, 0.25) is 0 Å². The molecule has 0 bridgehead atoms. The average molecular weight is 363 g/mol. The summed E-state index contributed by atoms with van der Waals surface area (Å²) in [7, 11) is 3.26. The molecular formula is C23H23O4. The van der Waals surface area contributed by atoms with E-state index in [1.165, 1.54) is 0 Å². The highest BCUT2D eigenvalue weighted by molar-refractivity contribution is 5.55. The molecule has 0 aromatic heterocycles. The summed E-state index contributed by atoms with van der Waals surface area (Å²) in [5.74, 6) is 1.59. The first-order chi connectivity index (χ1) is 13.0. The van der Waals surface area contributed by atoms with Crippen LogP contribution in [0.1, 0.15) is 22.3 Å². The number of phenols is 1. The monoisotopic (exact) mass is 363 g/mol. The number of rotatable bonds is 6. The minimum atomic E-state index is -0.740. The van der Waals surface area contributed by atoms with Crippen molar-refractivity contribution in [2.75, 3.05) is 14.2 Å². The molecule has 27 heavy (non-hydrogen) atoms. The van der Waals surface area contributed by atoms with Crippen LogP contribution >= 0.6 is 0 Å². The van der Waals surface area contributed by atoms with Gasteiger partial charge in [-0.15, -0.1) is 0 Å². The van der Waals surface area contributed by atoms with Crippen molar-refractivity contribution in [1.29, 1.82) is 0 Å². The lowest BCUT2D eigenvalue weighted by atomic mass is 9.70. The molecule has 0 spiro atoms. The molecular weight excluding hydrogens is 340 g/mol. The van der Waals surface area contributed by atoms with E-state index in [1.54, 1.807) is 26.4 Å². The normalized spacial score (nSPS) is 11.3. The zero-order valence-electron chi connectivity index (χ0n) is 15.5. The van der Waals surface area contributed by atoms with E-state index in [2.05, 4.69) is 6.92 Å². The van der Waals surface area contributed by atoms with E-state index < -0.39 is 5.41 Å². The summed E-state index contributed by atoms with van der Waals surface area (Å²) in [6, 6.07) is 20.7. The van der Waals surface area contributed by atoms with Gasteiger partial charge >= 0.3 is 0 Å². The summed E-state index contributed by atoms with van der Waals surface area (Å²) in [5.41, 5.74) is 2.50. The lowest BCUT2D eigenvalue weighted by molar-refractivity contribution is 0.275. The van der Waals surface area contributed by atoms with Crippen LogP contribution in [0.4, 0.5) is 0 Å². The zero-order chi connectivity index (χ0) is 19.4. The molecule has 0 heterocycles. The van der Waals surface area contributed by atoms with Gasteiger partial charge in [0.15, 0.2) is 0 Å². The van der Waals surface area contributed by atoms with Gasteiger partial charge in [-0.3, -0.25) is 0 Å². The predicted octanol–water partition coefficient (Wildman–Crippen LogP) is 4.07. The lowest BCUT2D eigenvalue weighted by Crippen LogP contribution is -2.26. The smallest absolute Gasteiger partial charge is 0.121 e. The van der Waals surface area contributed by atoms with Gasteiger partial charge in [0, 0.05) is 11.0 Å². The molecule has 0 aliphatic rings. The van der Waals surface area contributed by atoms with Crippen molar-refractivity contribution in [1.82, 2.24) is 0 Å². The van der Waals surface area contributed by atoms with Crippen molar-refractivity contribution in [2.45, 2.75) is 12.0 Å². The molecule has 3 rings (SSSR count). The lowest BCUT2D eigenvalue weighted by Gasteiger charge is -2.32. The Hall–Kier alpha value is -2.98. The van der Waals surface area contributed by atoms with Gasteiger partial charge in [0.1, 0.15) is 17.2 Å². The number of hydrogen-bond donors (Lipinski definition) is 2. The molecule has 1 radical (unpaired) electrons. The average Bonchev–Trinajstić information content (AvgIpc) is 2.73. The second kappa shape index (κ2) is 7.72. The summed E-state index contributed by atoms with van der Waals surface area (Å²) in [4.78, 5) is 0. The number of benzene rings is 3. The van der Waals surface area contributed by atoms with E-state index in [1.807, 2.05) is 54.6 Å². The van der Waals surface area contributed by atoms with Crippen molar-refractivity contribution in [3.05, 3.63) is 95.9 Å². The topological polar surface area (TPSA) is 58.9 Å². The van der Waals surface area contributed by atoms with Gasteiger partial charge in [0.2, 0.25) is 0 Å². The fourth-order valence-electron chi connectivity index (χ4n) is 3.23. The van der Waals surface area contributed by atoms with Crippen LogP contribution in [0.15, 0.2) is 66.7 Å². The molecule has 4 heteroatoms. The third-order valence-corrected chi connectivity index (χ3v) is 4.91. The fourth-order valence-corrected chi connectivity index (χ4v) is 3.23. The number of aliphatic hydroxyl groups is 1. The third-order valence-electron chi connectivity index (χ3n) is 4.91. The van der Waals surface area contributed by atoms with E-state index >= 15 is 0 Å². The molecule has 0 unspecified atom stereocenters. The number of aliphatic hydroxyl groups excluding tert-OH is 1. The first kappa shape index (κ1) is 18.8. The Morgan fingerprint density at radius 3 is 1.63 bits per heavy atom. The van der Waals surface area contributed by atoms with Crippen LogP contribution < -0.4 is 9.47 Å². The van der Waals surface area contributed by atoms with E-state index in [4.69, 9.17) is 9.47 Å². The molecule has 0 aliphatic heterocycles. The maximum Gasteiger partial charge on any atom is 0.121 e. The van der Waals surface area contributed by atoms with Crippen molar-refractivity contribution in [3.8, 4) is 17.2 Å². The molecule has 0 atom stereocenters. The van der Waals surface area contributed by atoms with Crippen molar-refractivity contribution < 1.29 is 19.7 Å². The molecule has 0 amide bonds. The van der Waals surface area contributed by atoms with Crippen LogP contribution in [0, 0.1) is 6.92 Å². The summed E-state index contributed by atoms with van der Waals surface area (Å²) in [6.45, 7) is 4.30. The quantitative estimate of drug-likeness (QED) is 0.648. The van der Waals surface area contributed by atoms with Crippen LogP contribution in [0.3, 0.4) is 0 Å². The Balaban J connectivity index is 2.21. The van der Waals surface area contributed by atoms with Crippen molar-refractivity contribution >= 4 is 0 Å². The Bertz CT molecular complexity index is 851. The van der Waals surface area contributed by atoms with Gasteiger partial charge in [0.25, 0.3) is 0 Å². The third kappa shape index (κ3) is 3.49. The van der Waals surface area contributed by atoms with Crippen LogP contribution in [0.25, 0.3) is 0 Å². The van der Waals surface area contributed by atoms with Gasteiger partial charge in [0.05, 0.1) is 20.8 Å². The first-order valence-electron chi connectivity index (χ1n) is 8.60. The Morgan fingerprint density at radius 1 is 0.778 bits per heavy atom. The molecule has 0 aliphatic carbocycles. The minimum absolute atomic E-state index is 0.0630. The summed E-state index contributed by atoms with van der Waals surface area (Å²) in [5, 5.41) is 19.5. The Morgan fingerprint density at radius 2 is 1.22 bits per heavy atom. The molecule has 0 saturated heterocycles. The van der Waals surface area contributed by atoms with Gasteiger partial charge in [-0.25, -0.2) is 0 Å². The standard InChI is InChI=1S/C23H23O4/c1-23(17-4-9-20(26-2)10-5-17,18-6-11-21(27-3)12-7-18)19-8-13-22(25)16(14-19)15-24/h4-14,24-25H,1,15H2,2-3H3. The Labute approximate surface area is 159 Å².